The third kappa shape index (κ3) is 4.78. The summed E-state index contributed by atoms with van der Waals surface area (Å²) in [5.41, 5.74) is 1.75. The maximum Gasteiger partial charge on any atom is 0.239 e. The molecule has 1 aliphatic rings. The Labute approximate surface area is 165 Å². The summed E-state index contributed by atoms with van der Waals surface area (Å²) in [6.45, 7) is 0. The Morgan fingerprint density at radius 2 is 2.00 bits per heavy atom. The smallest absolute Gasteiger partial charge is 0.239 e. The van der Waals surface area contributed by atoms with Gasteiger partial charge in [0.25, 0.3) is 0 Å². The predicted molar refractivity (Wildman–Crippen MR) is 108 cm³/mol. The van der Waals surface area contributed by atoms with E-state index in [0.717, 1.165) is 16.9 Å². The van der Waals surface area contributed by atoms with E-state index in [9.17, 15) is 4.79 Å². The largest absolute Gasteiger partial charge is 0.497 e. The molecule has 0 aliphatic carbocycles. The maximum atomic E-state index is 12.1. The van der Waals surface area contributed by atoms with Crippen LogP contribution in [0.3, 0.4) is 0 Å². The van der Waals surface area contributed by atoms with Crippen LogP contribution in [-0.2, 0) is 11.2 Å². The van der Waals surface area contributed by atoms with Crippen LogP contribution in [-0.4, -0.2) is 29.6 Å². The zero-order valence-corrected chi connectivity index (χ0v) is 16.1. The van der Waals surface area contributed by atoms with Crippen LogP contribution in [0, 0.1) is 0 Å². The SMILES string of the molecule is COc1ccc(/C=N\N=C2/NC(=O)[C@@H](Cc3ccc(Cl)cc3Cl)S2)cc1. The van der Waals surface area contributed by atoms with E-state index in [2.05, 4.69) is 15.5 Å². The lowest BCUT2D eigenvalue weighted by Crippen LogP contribution is -2.26. The lowest BCUT2D eigenvalue weighted by molar-refractivity contribution is -0.118. The molecule has 0 spiro atoms. The molecule has 1 aliphatic heterocycles. The van der Waals surface area contributed by atoms with Crippen LogP contribution in [0.2, 0.25) is 10.0 Å². The van der Waals surface area contributed by atoms with Crippen molar-refractivity contribution in [1.82, 2.24) is 5.32 Å². The number of carbonyl (C=O) groups excluding carboxylic acids is 1. The third-order valence-corrected chi connectivity index (χ3v) is 5.33. The highest BCUT2D eigenvalue weighted by Gasteiger charge is 2.30. The van der Waals surface area contributed by atoms with Crippen LogP contribution in [0.25, 0.3) is 0 Å². The molecule has 0 bridgehead atoms. The average Bonchev–Trinajstić information content (AvgIpc) is 2.97. The molecule has 1 atom stereocenters. The quantitative estimate of drug-likeness (QED) is 0.597. The summed E-state index contributed by atoms with van der Waals surface area (Å²) in [5.74, 6) is 0.662. The van der Waals surface area contributed by atoms with Crippen LogP contribution in [0.15, 0.2) is 52.7 Å². The Hall–Kier alpha value is -2.02. The van der Waals surface area contributed by atoms with E-state index >= 15 is 0 Å². The van der Waals surface area contributed by atoms with Crippen molar-refractivity contribution >= 4 is 52.3 Å². The highest BCUT2D eigenvalue weighted by Crippen LogP contribution is 2.28. The summed E-state index contributed by atoms with van der Waals surface area (Å²) in [5, 5.41) is 12.1. The fourth-order valence-corrected chi connectivity index (χ4v) is 3.75. The van der Waals surface area contributed by atoms with E-state index < -0.39 is 0 Å². The van der Waals surface area contributed by atoms with Crippen LogP contribution in [0.1, 0.15) is 11.1 Å². The van der Waals surface area contributed by atoms with Gasteiger partial charge in [0.05, 0.1) is 18.6 Å². The van der Waals surface area contributed by atoms with Gasteiger partial charge in [-0.15, -0.1) is 5.10 Å². The number of rotatable bonds is 5. The standard InChI is InChI=1S/C18H15Cl2N3O2S/c1-25-14-6-2-11(3-7-14)10-21-23-18-22-17(24)16(26-18)8-12-4-5-13(19)9-15(12)20/h2-7,9-10,16H,8H2,1H3,(H,22,23,24)/b21-10-/t16-/m1/s1. The van der Waals surface area contributed by atoms with Crippen LogP contribution in [0.4, 0.5) is 0 Å². The number of ether oxygens (including phenoxy) is 1. The Balaban J connectivity index is 1.62. The second-order valence-corrected chi connectivity index (χ2v) is 7.49. The normalized spacial score (nSPS) is 18.5. The number of hydrogen-bond donors (Lipinski definition) is 1. The first-order valence-electron chi connectivity index (χ1n) is 7.71. The van der Waals surface area contributed by atoms with Crippen LogP contribution >= 0.6 is 35.0 Å². The fraction of sp³-hybridized carbons (Fsp3) is 0.167. The second-order valence-electron chi connectivity index (χ2n) is 5.46. The second kappa shape index (κ2) is 8.58. The summed E-state index contributed by atoms with van der Waals surface area (Å²) in [4.78, 5) is 12.1. The van der Waals surface area contributed by atoms with Gasteiger partial charge >= 0.3 is 0 Å². The molecule has 0 aromatic heterocycles. The molecule has 1 amide bonds. The van der Waals surface area contributed by atoms with Crippen molar-refractivity contribution in [1.29, 1.82) is 0 Å². The van der Waals surface area contributed by atoms with Crippen molar-refractivity contribution < 1.29 is 9.53 Å². The van der Waals surface area contributed by atoms with Gasteiger partial charge in [-0.05, 0) is 53.9 Å². The minimum Gasteiger partial charge on any atom is -0.497 e. The Kier molecular flexibility index (Phi) is 6.19. The molecule has 1 saturated heterocycles. The molecule has 1 fully saturated rings. The summed E-state index contributed by atoms with van der Waals surface area (Å²) < 4.78 is 5.10. The molecular formula is C18H15Cl2N3O2S. The summed E-state index contributed by atoms with van der Waals surface area (Å²) >= 11 is 13.4. The first kappa shape index (κ1) is 18.8. The molecular weight excluding hydrogens is 393 g/mol. The average molecular weight is 408 g/mol. The molecule has 26 heavy (non-hydrogen) atoms. The van der Waals surface area contributed by atoms with E-state index in [1.54, 1.807) is 25.5 Å². The molecule has 0 radical (unpaired) electrons. The van der Waals surface area contributed by atoms with Gasteiger partial charge in [-0.3, -0.25) is 4.79 Å². The maximum absolute atomic E-state index is 12.1. The zero-order chi connectivity index (χ0) is 18.5. The number of benzene rings is 2. The van der Waals surface area contributed by atoms with Crippen LogP contribution < -0.4 is 10.1 Å². The number of thioether (sulfide) groups is 1. The number of nitrogens with zero attached hydrogens (tertiary/aromatic N) is 2. The summed E-state index contributed by atoms with van der Waals surface area (Å²) in [7, 11) is 1.61. The molecule has 1 N–H and O–H groups in total. The van der Waals surface area contributed by atoms with Crippen molar-refractivity contribution in [2.45, 2.75) is 11.7 Å². The van der Waals surface area contributed by atoms with E-state index in [4.69, 9.17) is 27.9 Å². The molecule has 5 nitrogen and oxygen atoms in total. The Bertz CT molecular complexity index is 869. The van der Waals surface area contributed by atoms with Crippen LogP contribution in [0.5, 0.6) is 5.75 Å². The van der Waals surface area contributed by atoms with Gasteiger partial charge in [0, 0.05) is 10.0 Å². The topological polar surface area (TPSA) is 63.1 Å². The highest BCUT2D eigenvalue weighted by atomic mass is 35.5. The first-order chi connectivity index (χ1) is 12.5. The van der Waals surface area contributed by atoms with Crippen molar-refractivity contribution in [3.8, 4) is 5.75 Å². The number of halogens is 2. The number of hydrogen-bond acceptors (Lipinski definition) is 5. The monoisotopic (exact) mass is 407 g/mol. The minimum absolute atomic E-state index is 0.112. The third-order valence-electron chi connectivity index (χ3n) is 3.67. The number of carbonyl (C=O) groups is 1. The van der Waals surface area contributed by atoms with Crippen molar-refractivity contribution in [3.63, 3.8) is 0 Å². The van der Waals surface area contributed by atoms with Gasteiger partial charge in [0.15, 0.2) is 5.17 Å². The minimum atomic E-state index is -0.302. The van der Waals surface area contributed by atoms with Gasteiger partial charge < -0.3 is 10.1 Å². The van der Waals surface area contributed by atoms with Gasteiger partial charge in [-0.25, -0.2) is 0 Å². The molecule has 1 heterocycles. The van der Waals surface area contributed by atoms with E-state index in [0.29, 0.717) is 21.6 Å². The molecule has 2 aromatic carbocycles. The summed E-state index contributed by atoms with van der Waals surface area (Å²) in [6, 6.07) is 12.7. The highest BCUT2D eigenvalue weighted by molar-refractivity contribution is 8.15. The molecule has 3 rings (SSSR count). The number of methoxy groups -OCH3 is 1. The van der Waals surface area contributed by atoms with Crippen molar-refractivity contribution in [2.24, 2.45) is 10.2 Å². The molecule has 2 aromatic rings. The zero-order valence-electron chi connectivity index (χ0n) is 13.8. The van der Waals surface area contributed by atoms with E-state index in [1.807, 2.05) is 30.3 Å². The molecule has 134 valence electrons. The Morgan fingerprint density at radius 1 is 1.23 bits per heavy atom. The fourth-order valence-electron chi connectivity index (χ4n) is 2.31. The van der Waals surface area contributed by atoms with E-state index in [1.165, 1.54) is 11.8 Å². The summed E-state index contributed by atoms with van der Waals surface area (Å²) in [6.07, 6.45) is 2.11. The van der Waals surface area contributed by atoms with Crippen molar-refractivity contribution in [2.75, 3.05) is 7.11 Å². The van der Waals surface area contributed by atoms with Gasteiger partial charge in [0.1, 0.15) is 5.75 Å². The molecule has 8 heteroatoms. The lowest BCUT2D eigenvalue weighted by Gasteiger charge is -2.07. The van der Waals surface area contributed by atoms with Gasteiger partial charge in [0.2, 0.25) is 5.91 Å². The van der Waals surface area contributed by atoms with E-state index in [-0.39, 0.29) is 11.2 Å². The number of nitrogens with one attached hydrogen (secondary N) is 1. The van der Waals surface area contributed by atoms with Crippen molar-refractivity contribution in [3.05, 3.63) is 63.6 Å². The molecule has 0 unspecified atom stereocenters. The van der Waals surface area contributed by atoms with Gasteiger partial charge in [-0.1, -0.05) is 41.0 Å². The number of amides is 1. The first-order valence-corrected chi connectivity index (χ1v) is 9.35. The lowest BCUT2D eigenvalue weighted by atomic mass is 10.1. The number of amidine groups is 1. The molecule has 0 saturated carbocycles. The Morgan fingerprint density at radius 3 is 2.69 bits per heavy atom. The predicted octanol–water partition coefficient (Wildman–Crippen LogP) is 4.17. The van der Waals surface area contributed by atoms with Gasteiger partial charge in [-0.2, -0.15) is 5.10 Å².